The van der Waals surface area contributed by atoms with E-state index in [2.05, 4.69) is 33.2 Å². The number of rotatable bonds is 4. The third-order valence-electron chi connectivity index (χ3n) is 2.29. The molecule has 1 heterocycles. The fourth-order valence-electron chi connectivity index (χ4n) is 1.41. The average Bonchev–Trinajstić information content (AvgIpc) is 2.76. The van der Waals surface area contributed by atoms with Crippen LogP contribution in [0.2, 0.25) is 0 Å². The van der Waals surface area contributed by atoms with Crippen LogP contribution in [0, 0.1) is 5.82 Å². The van der Waals surface area contributed by atoms with E-state index in [0.29, 0.717) is 6.54 Å². The first-order chi connectivity index (χ1) is 8.19. The summed E-state index contributed by atoms with van der Waals surface area (Å²) in [4.78, 5) is 5.47. The Bertz CT molecular complexity index is 513. The molecule has 0 amide bonds. The van der Waals surface area contributed by atoms with E-state index in [1.54, 1.807) is 17.4 Å². The zero-order valence-corrected chi connectivity index (χ0v) is 11.7. The predicted molar refractivity (Wildman–Crippen MR) is 72.9 cm³/mol. The number of aromatic nitrogens is 1. The van der Waals surface area contributed by atoms with E-state index in [9.17, 15) is 4.39 Å². The number of nitrogens with one attached hydrogen (secondary N) is 1. The van der Waals surface area contributed by atoms with Gasteiger partial charge in [0.15, 0.2) is 0 Å². The molecule has 0 unspecified atom stereocenters. The van der Waals surface area contributed by atoms with Crippen LogP contribution in [0.4, 0.5) is 10.1 Å². The Morgan fingerprint density at radius 3 is 2.94 bits per heavy atom. The van der Waals surface area contributed by atoms with Gasteiger partial charge in [-0.15, -0.1) is 11.3 Å². The van der Waals surface area contributed by atoms with Gasteiger partial charge in [-0.25, -0.2) is 9.37 Å². The lowest BCUT2D eigenvalue weighted by Gasteiger charge is -2.06. The first-order valence-corrected chi connectivity index (χ1v) is 6.92. The van der Waals surface area contributed by atoms with Gasteiger partial charge in [0.1, 0.15) is 5.82 Å². The maximum atomic E-state index is 12.9. The van der Waals surface area contributed by atoms with E-state index < -0.39 is 0 Å². The van der Waals surface area contributed by atoms with Crippen molar-refractivity contribution in [2.45, 2.75) is 19.9 Å². The zero-order valence-electron chi connectivity index (χ0n) is 9.34. The molecule has 0 atom stereocenters. The van der Waals surface area contributed by atoms with Crippen molar-refractivity contribution in [1.29, 1.82) is 0 Å². The summed E-state index contributed by atoms with van der Waals surface area (Å²) in [7, 11) is 0. The molecule has 2 aromatic rings. The van der Waals surface area contributed by atoms with Crippen LogP contribution in [0.25, 0.3) is 0 Å². The number of hydrogen-bond acceptors (Lipinski definition) is 3. The van der Waals surface area contributed by atoms with Crippen LogP contribution in [-0.2, 0) is 13.0 Å². The second-order valence-electron chi connectivity index (χ2n) is 3.55. The van der Waals surface area contributed by atoms with Crippen LogP contribution in [-0.4, -0.2) is 4.98 Å². The van der Waals surface area contributed by atoms with E-state index in [4.69, 9.17) is 0 Å². The quantitative estimate of drug-likeness (QED) is 0.914. The van der Waals surface area contributed by atoms with Gasteiger partial charge in [0.05, 0.1) is 11.6 Å². The Balaban J connectivity index is 2.02. The molecule has 1 aromatic heterocycles. The van der Waals surface area contributed by atoms with Gasteiger partial charge in [-0.3, -0.25) is 0 Å². The van der Waals surface area contributed by atoms with Gasteiger partial charge < -0.3 is 5.32 Å². The highest BCUT2D eigenvalue weighted by Gasteiger charge is 2.03. The summed E-state index contributed by atoms with van der Waals surface area (Å²) >= 11 is 5.02. The van der Waals surface area contributed by atoms with Crippen LogP contribution in [0.15, 0.2) is 28.9 Å². The van der Waals surface area contributed by atoms with E-state index in [-0.39, 0.29) is 5.82 Å². The van der Waals surface area contributed by atoms with Crippen molar-refractivity contribution in [2.24, 2.45) is 0 Å². The highest BCUT2D eigenvalue weighted by molar-refractivity contribution is 9.10. The van der Waals surface area contributed by atoms with Gasteiger partial charge in [-0.2, -0.15) is 0 Å². The van der Waals surface area contributed by atoms with E-state index in [1.807, 2.05) is 6.20 Å². The van der Waals surface area contributed by atoms with Crippen molar-refractivity contribution < 1.29 is 4.39 Å². The minimum Gasteiger partial charge on any atom is -0.379 e. The molecule has 90 valence electrons. The van der Waals surface area contributed by atoms with Crippen molar-refractivity contribution in [2.75, 3.05) is 5.32 Å². The highest BCUT2D eigenvalue weighted by atomic mass is 79.9. The number of nitrogens with zero attached hydrogens (tertiary/aromatic N) is 1. The molecule has 5 heteroatoms. The molecule has 0 aliphatic carbocycles. The van der Waals surface area contributed by atoms with Gasteiger partial charge in [0.25, 0.3) is 0 Å². The number of halogens is 2. The first-order valence-electron chi connectivity index (χ1n) is 5.31. The molecule has 2 nitrogen and oxygen atoms in total. The predicted octanol–water partition coefficient (Wildman–Crippen LogP) is 4.22. The fourth-order valence-corrected chi connectivity index (χ4v) is 2.70. The lowest BCUT2D eigenvalue weighted by Crippen LogP contribution is -1.98. The van der Waals surface area contributed by atoms with Gasteiger partial charge in [-0.05, 0) is 40.5 Å². The van der Waals surface area contributed by atoms with Crippen LogP contribution >= 0.6 is 27.3 Å². The summed E-state index contributed by atoms with van der Waals surface area (Å²) in [6, 6.07) is 4.62. The lowest BCUT2D eigenvalue weighted by molar-refractivity contribution is 0.627. The number of benzene rings is 1. The second-order valence-corrected chi connectivity index (χ2v) is 5.61. The molecule has 1 aromatic carbocycles. The summed E-state index contributed by atoms with van der Waals surface area (Å²) in [6.07, 6.45) is 2.85. The number of aryl methyl sites for hydroxylation is 1. The monoisotopic (exact) mass is 314 g/mol. The maximum Gasteiger partial charge on any atom is 0.124 e. The third-order valence-corrected chi connectivity index (χ3v) is 4.09. The van der Waals surface area contributed by atoms with Crippen molar-refractivity contribution in [3.05, 3.63) is 44.6 Å². The molecule has 0 saturated heterocycles. The molecule has 0 radical (unpaired) electrons. The Morgan fingerprint density at radius 1 is 1.47 bits per heavy atom. The normalized spacial score (nSPS) is 10.5. The van der Waals surface area contributed by atoms with Crippen LogP contribution in [0.3, 0.4) is 0 Å². The third kappa shape index (κ3) is 3.26. The molecular weight excluding hydrogens is 303 g/mol. The fraction of sp³-hybridized carbons (Fsp3) is 0.250. The Morgan fingerprint density at radius 2 is 2.29 bits per heavy atom. The molecule has 0 spiro atoms. The molecule has 0 saturated carbocycles. The summed E-state index contributed by atoms with van der Waals surface area (Å²) in [6.45, 7) is 2.80. The molecule has 0 fully saturated rings. The van der Waals surface area contributed by atoms with Crippen LogP contribution in [0.5, 0.6) is 0 Å². The van der Waals surface area contributed by atoms with Crippen molar-refractivity contribution in [3.63, 3.8) is 0 Å². The van der Waals surface area contributed by atoms with Gasteiger partial charge in [0, 0.05) is 21.2 Å². The lowest BCUT2D eigenvalue weighted by atomic mass is 10.3. The summed E-state index contributed by atoms with van der Waals surface area (Å²) in [5, 5.41) is 4.39. The first kappa shape index (κ1) is 12.5. The van der Waals surface area contributed by atoms with E-state index in [0.717, 1.165) is 21.6 Å². The highest BCUT2D eigenvalue weighted by Crippen LogP contribution is 2.24. The Hall–Kier alpha value is -0.940. The largest absolute Gasteiger partial charge is 0.379 e. The standard InChI is InChI=1S/C12H12BrFN2S/c1-2-12-16-7-9(17-12)6-15-11-4-3-8(14)5-10(11)13/h3-5,7,15H,2,6H2,1H3. The minimum atomic E-state index is -0.242. The van der Waals surface area contributed by atoms with Gasteiger partial charge in [0.2, 0.25) is 0 Å². The zero-order chi connectivity index (χ0) is 12.3. The molecule has 17 heavy (non-hydrogen) atoms. The molecular formula is C12H12BrFN2S. The van der Waals surface area contributed by atoms with Crippen molar-refractivity contribution >= 4 is 33.0 Å². The van der Waals surface area contributed by atoms with Gasteiger partial charge in [-0.1, -0.05) is 6.92 Å². The van der Waals surface area contributed by atoms with Crippen molar-refractivity contribution in [1.82, 2.24) is 4.98 Å². The average molecular weight is 315 g/mol. The second kappa shape index (κ2) is 5.60. The molecule has 1 N–H and O–H groups in total. The molecule has 0 aliphatic rings. The molecule has 0 aliphatic heterocycles. The van der Waals surface area contributed by atoms with Crippen LogP contribution < -0.4 is 5.32 Å². The summed E-state index contributed by atoms with van der Waals surface area (Å²) in [5.74, 6) is -0.242. The summed E-state index contributed by atoms with van der Waals surface area (Å²) < 4.78 is 13.6. The van der Waals surface area contributed by atoms with E-state index in [1.165, 1.54) is 17.0 Å². The number of hydrogen-bond donors (Lipinski definition) is 1. The smallest absolute Gasteiger partial charge is 0.124 e. The van der Waals surface area contributed by atoms with Crippen LogP contribution in [0.1, 0.15) is 16.8 Å². The van der Waals surface area contributed by atoms with Crippen molar-refractivity contribution in [3.8, 4) is 0 Å². The van der Waals surface area contributed by atoms with Gasteiger partial charge >= 0.3 is 0 Å². The van der Waals surface area contributed by atoms with E-state index >= 15 is 0 Å². The summed E-state index contributed by atoms with van der Waals surface area (Å²) in [5.41, 5.74) is 0.887. The Labute approximate surface area is 112 Å². The topological polar surface area (TPSA) is 24.9 Å². The number of thiazole rings is 1. The Kier molecular flexibility index (Phi) is 4.12. The maximum absolute atomic E-state index is 12.9. The molecule has 0 bridgehead atoms. The number of anilines is 1. The minimum absolute atomic E-state index is 0.242. The SMILES string of the molecule is CCc1ncc(CNc2ccc(F)cc2Br)s1. The molecule has 2 rings (SSSR count).